The van der Waals surface area contributed by atoms with Crippen molar-refractivity contribution in [3.63, 3.8) is 0 Å². The zero-order valence-electron chi connectivity index (χ0n) is 15.9. The molecule has 0 bridgehead atoms. The minimum atomic E-state index is -1.18. The molecule has 1 aromatic rings. The minimum Gasteiger partial charge on any atom is -0.398 e. The van der Waals surface area contributed by atoms with Crippen LogP contribution in [0.4, 0.5) is 4.39 Å². The van der Waals surface area contributed by atoms with Crippen molar-refractivity contribution in [2.24, 2.45) is 10.7 Å². The van der Waals surface area contributed by atoms with E-state index in [2.05, 4.69) is 23.5 Å². The van der Waals surface area contributed by atoms with E-state index in [9.17, 15) is 4.39 Å². The van der Waals surface area contributed by atoms with E-state index in [1.807, 2.05) is 24.3 Å². The monoisotopic (exact) mass is 377 g/mol. The standard InChI is InChI=1S/C21H29ClFN3/c1-5-6-7-8-20(24)19(16(2)22)15-25-13-17-9-10-18(26-14-17)11-12-21(3,4)23/h7-10,14-15H,2,5-6,11-13,24H2,1,3-4H3/b8-7-,20-19?,25-15?. The first-order valence-electron chi connectivity index (χ1n) is 8.86. The normalized spacial score (nSPS) is 13.4. The lowest BCUT2D eigenvalue weighted by molar-refractivity contribution is 0.201. The van der Waals surface area contributed by atoms with Gasteiger partial charge in [0.1, 0.15) is 5.67 Å². The maximum atomic E-state index is 13.5. The Balaban J connectivity index is 2.70. The SMILES string of the molecule is C=C(Cl)C(C=NCc1ccc(CCC(C)(C)F)nc1)=C(N)/C=C\CCC. The smallest absolute Gasteiger partial charge is 0.105 e. The quantitative estimate of drug-likeness (QED) is 0.422. The van der Waals surface area contributed by atoms with Crippen molar-refractivity contribution in [2.75, 3.05) is 0 Å². The summed E-state index contributed by atoms with van der Waals surface area (Å²) >= 11 is 6.03. The first kappa shape index (κ1) is 22.1. The Morgan fingerprint density at radius 1 is 1.42 bits per heavy atom. The molecule has 0 saturated heterocycles. The van der Waals surface area contributed by atoms with Crippen LogP contribution in [-0.2, 0) is 13.0 Å². The fourth-order valence-corrected chi connectivity index (χ4v) is 2.29. The molecule has 0 saturated carbocycles. The molecule has 0 aliphatic carbocycles. The molecule has 2 N–H and O–H groups in total. The number of pyridine rings is 1. The minimum absolute atomic E-state index is 0.356. The predicted molar refractivity (Wildman–Crippen MR) is 110 cm³/mol. The highest BCUT2D eigenvalue weighted by molar-refractivity contribution is 6.34. The van der Waals surface area contributed by atoms with E-state index in [1.54, 1.807) is 26.3 Å². The van der Waals surface area contributed by atoms with Crippen molar-refractivity contribution < 1.29 is 4.39 Å². The second-order valence-corrected chi connectivity index (χ2v) is 7.27. The number of aliphatic imine (C=N–C) groups is 1. The number of aryl methyl sites for hydroxylation is 1. The van der Waals surface area contributed by atoms with E-state index in [4.69, 9.17) is 17.3 Å². The molecule has 1 aromatic heterocycles. The van der Waals surface area contributed by atoms with E-state index in [0.29, 0.717) is 35.7 Å². The van der Waals surface area contributed by atoms with Gasteiger partial charge in [-0.3, -0.25) is 9.98 Å². The Hall–Kier alpha value is -1.94. The number of unbranched alkanes of at least 4 members (excludes halogenated alkanes) is 1. The van der Waals surface area contributed by atoms with Crippen molar-refractivity contribution in [2.45, 2.75) is 58.7 Å². The number of hydrogen-bond donors (Lipinski definition) is 1. The van der Waals surface area contributed by atoms with Gasteiger partial charge in [-0.1, -0.05) is 43.7 Å². The summed E-state index contributed by atoms with van der Waals surface area (Å²) in [5.41, 5.74) is 7.87. The molecule has 0 atom stereocenters. The average molecular weight is 378 g/mol. The molecule has 3 nitrogen and oxygen atoms in total. The molecule has 0 aliphatic rings. The number of halogens is 2. The number of rotatable bonds is 10. The van der Waals surface area contributed by atoms with Gasteiger partial charge in [-0.2, -0.15) is 0 Å². The van der Waals surface area contributed by atoms with Crippen LogP contribution in [0.15, 0.2) is 58.4 Å². The van der Waals surface area contributed by atoms with Gasteiger partial charge < -0.3 is 5.73 Å². The predicted octanol–water partition coefficient (Wildman–Crippen LogP) is 5.65. The lowest BCUT2D eigenvalue weighted by atomic mass is 10.0. The number of nitrogens with two attached hydrogens (primary N) is 1. The van der Waals surface area contributed by atoms with Gasteiger partial charge in [0.05, 0.1) is 6.54 Å². The zero-order chi connectivity index (χ0) is 19.6. The maximum absolute atomic E-state index is 13.5. The van der Waals surface area contributed by atoms with E-state index in [1.165, 1.54) is 0 Å². The van der Waals surface area contributed by atoms with Gasteiger partial charge in [0.25, 0.3) is 0 Å². The van der Waals surface area contributed by atoms with Gasteiger partial charge in [-0.15, -0.1) is 0 Å². The molecule has 0 aromatic carbocycles. The lowest BCUT2D eigenvalue weighted by Gasteiger charge is -2.12. The molecule has 1 rings (SSSR count). The van der Waals surface area contributed by atoms with Gasteiger partial charge in [-0.25, -0.2) is 4.39 Å². The second kappa shape index (κ2) is 10.9. The Bertz CT molecular complexity index is 667. The summed E-state index contributed by atoms with van der Waals surface area (Å²) in [6.07, 6.45) is 10.3. The zero-order valence-corrected chi connectivity index (χ0v) is 16.7. The van der Waals surface area contributed by atoms with Crippen LogP contribution in [0.3, 0.4) is 0 Å². The Labute approximate surface area is 161 Å². The molecule has 0 fully saturated rings. The molecule has 1 heterocycles. The topological polar surface area (TPSA) is 51.3 Å². The Morgan fingerprint density at radius 2 is 2.15 bits per heavy atom. The van der Waals surface area contributed by atoms with Crippen LogP contribution in [0, 0.1) is 0 Å². The fourth-order valence-electron chi connectivity index (χ4n) is 2.13. The maximum Gasteiger partial charge on any atom is 0.105 e. The average Bonchev–Trinajstić information content (AvgIpc) is 2.57. The van der Waals surface area contributed by atoms with Crippen molar-refractivity contribution >= 4 is 17.8 Å². The third-order valence-electron chi connectivity index (χ3n) is 3.71. The molecule has 26 heavy (non-hydrogen) atoms. The van der Waals surface area contributed by atoms with E-state index in [-0.39, 0.29) is 0 Å². The number of alkyl halides is 1. The fraction of sp³-hybridized carbons (Fsp3) is 0.429. The van der Waals surface area contributed by atoms with Crippen LogP contribution in [0.2, 0.25) is 0 Å². The van der Waals surface area contributed by atoms with Gasteiger partial charge in [0.2, 0.25) is 0 Å². The van der Waals surface area contributed by atoms with E-state index >= 15 is 0 Å². The molecule has 142 valence electrons. The lowest BCUT2D eigenvalue weighted by Crippen LogP contribution is -2.13. The number of nitrogens with zero attached hydrogens (tertiary/aromatic N) is 2. The molecule has 0 amide bonds. The highest BCUT2D eigenvalue weighted by Gasteiger charge is 2.15. The van der Waals surface area contributed by atoms with Gasteiger partial charge in [-0.05, 0) is 50.8 Å². The third-order valence-corrected chi connectivity index (χ3v) is 3.92. The molecular formula is C21H29ClFN3. The van der Waals surface area contributed by atoms with Crippen LogP contribution in [0.25, 0.3) is 0 Å². The third kappa shape index (κ3) is 8.95. The van der Waals surface area contributed by atoms with Gasteiger partial charge >= 0.3 is 0 Å². The Morgan fingerprint density at radius 3 is 2.69 bits per heavy atom. The first-order valence-corrected chi connectivity index (χ1v) is 9.24. The van der Waals surface area contributed by atoms with Gasteiger partial charge in [0, 0.05) is 34.4 Å². The highest BCUT2D eigenvalue weighted by Crippen LogP contribution is 2.17. The van der Waals surface area contributed by atoms with E-state index < -0.39 is 5.67 Å². The second-order valence-electron chi connectivity index (χ2n) is 6.81. The van der Waals surface area contributed by atoms with Gasteiger partial charge in [0.15, 0.2) is 0 Å². The molecular weight excluding hydrogens is 349 g/mol. The summed E-state index contributed by atoms with van der Waals surface area (Å²) in [6.45, 7) is 9.46. The summed E-state index contributed by atoms with van der Waals surface area (Å²) < 4.78 is 13.5. The summed E-state index contributed by atoms with van der Waals surface area (Å²) in [6, 6.07) is 3.87. The van der Waals surface area contributed by atoms with Crippen molar-refractivity contribution in [3.05, 3.63) is 64.6 Å². The summed E-state index contributed by atoms with van der Waals surface area (Å²) in [4.78, 5) is 8.75. The Kier molecular flexibility index (Phi) is 9.28. The van der Waals surface area contributed by atoms with E-state index in [0.717, 1.165) is 24.1 Å². The molecule has 0 radical (unpaired) electrons. The molecule has 0 unspecified atom stereocenters. The molecule has 5 heteroatoms. The van der Waals surface area contributed by atoms with Crippen LogP contribution in [-0.4, -0.2) is 16.9 Å². The highest BCUT2D eigenvalue weighted by atomic mass is 35.5. The summed E-state index contributed by atoms with van der Waals surface area (Å²) in [5, 5.41) is 0.356. The number of aromatic nitrogens is 1. The first-order chi connectivity index (χ1) is 12.2. The largest absolute Gasteiger partial charge is 0.398 e. The van der Waals surface area contributed by atoms with Crippen LogP contribution in [0.1, 0.15) is 51.3 Å². The molecule has 0 aliphatic heterocycles. The van der Waals surface area contributed by atoms with Crippen LogP contribution in [0.5, 0.6) is 0 Å². The van der Waals surface area contributed by atoms with Crippen molar-refractivity contribution in [3.8, 4) is 0 Å². The van der Waals surface area contributed by atoms with Crippen LogP contribution < -0.4 is 5.73 Å². The molecule has 0 spiro atoms. The number of hydrogen-bond acceptors (Lipinski definition) is 3. The number of allylic oxidation sites excluding steroid dienone is 4. The van der Waals surface area contributed by atoms with Crippen LogP contribution >= 0.6 is 11.6 Å². The summed E-state index contributed by atoms with van der Waals surface area (Å²) in [7, 11) is 0. The summed E-state index contributed by atoms with van der Waals surface area (Å²) in [5.74, 6) is 0. The van der Waals surface area contributed by atoms with Crippen molar-refractivity contribution in [1.29, 1.82) is 0 Å². The van der Waals surface area contributed by atoms with Crippen molar-refractivity contribution in [1.82, 2.24) is 4.98 Å².